The fourth-order valence-corrected chi connectivity index (χ4v) is 4.61. The lowest BCUT2D eigenvalue weighted by molar-refractivity contribution is 0.0390. The highest BCUT2D eigenvalue weighted by atomic mass is 32.2. The van der Waals surface area contributed by atoms with Crippen LogP contribution in [0.2, 0.25) is 0 Å². The van der Waals surface area contributed by atoms with Crippen molar-refractivity contribution in [1.29, 1.82) is 4.78 Å². The lowest BCUT2D eigenvalue weighted by Crippen LogP contribution is -2.48. The molecule has 136 valence electrons. The fourth-order valence-electron chi connectivity index (χ4n) is 3.29. The first-order valence-corrected chi connectivity index (χ1v) is 10.1. The minimum Gasteiger partial charge on any atom is -0.444 e. The molecule has 1 aliphatic heterocycles. The van der Waals surface area contributed by atoms with Crippen LogP contribution < -0.4 is 9.64 Å². The SMILES string of the molecule is C[S@@](=N)(=O)CC1(O)CCN(c2ccnc3c(OCF)nccc23)CC1. The van der Waals surface area contributed by atoms with Crippen LogP contribution in [-0.2, 0) is 9.73 Å². The summed E-state index contributed by atoms with van der Waals surface area (Å²) in [6.45, 7) is 0.150. The summed E-state index contributed by atoms with van der Waals surface area (Å²) in [6.07, 6.45) is 5.38. The van der Waals surface area contributed by atoms with Crippen molar-refractivity contribution >= 4 is 26.3 Å². The van der Waals surface area contributed by atoms with Gasteiger partial charge in [-0.25, -0.2) is 9.37 Å². The minimum atomic E-state index is -2.75. The van der Waals surface area contributed by atoms with E-state index in [1.807, 2.05) is 6.07 Å². The third-order valence-electron chi connectivity index (χ3n) is 4.37. The number of nitrogens with one attached hydrogen (secondary N) is 1. The molecule has 0 unspecified atom stereocenters. The number of ether oxygens (including phenoxy) is 1. The number of halogens is 1. The third-order valence-corrected chi connectivity index (χ3v) is 5.46. The van der Waals surface area contributed by atoms with Crippen molar-refractivity contribution in [2.75, 3.05) is 36.9 Å². The van der Waals surface area contributed by atoms with E-state index in [0.717, 1.165) is 11.1 Å². The Morgan fingerprint density at radius 3 is 2.68 bits per heavy atom. The van der Waals surface area contributed by atoms with Crippen molar-refractivity contribution in [2.45, 2.75) is 18.4 Å². The predicted molar refractivity (Wildman–Crippen MR) is 94.2 cm³/mol. The molecule has 1 atom stereocenters. The molecule has 7 nitrogen and oxygen atoms in total. The molecule has 0 aliphatic carbocycles. The highest BCUT2D eigenvalue weighted by Crippen LogP contribution is 2.33. The van der Waals surface area contributed by atoms with E-state index in [1.54, 1.807) is 18.5 Å². The number of rotatable bonds is 5. The molecule has 25 heavy (non-hydrogen) atoms. The van der Waals surface area contributed by atoms with Crippen LogP contribution >= 0.6 is 0 Å². The molecule has 0 spiro atoms. The molecule has 2 N–H and O–H groups in total. The van der Waals surface area contributed by atoms with E-state index in [2.05, 4.69) is 14.9 Å². The average Bonchev–Trinajstić information content (AvgIpc) is 2.54. The Bertz CT molecular complexity index is 867. The van der Waals surface area contributed by atoms with Crippen LogP contribution in [0.15, 0.2) is 24.5 Å². The molecular weight excluding hydrogens is 347 g/mol. The van der Waals surface area contributed by atoms with Gasteiger partial charge >= 0.3 is 0 Å². The van der Waals surface area contributed by atoms with Crippen molar-refractivity contribution in [2.24, 2.45) is 0 Å². The number of anilines is 1. The van der Waals surface area contributed by atoms with Gasteiger partial charge in [0.05, 0.1) is 11.4 Å². The van der Waals surface area contributed by atoms with Gasteiger partial charge in [-0.1, -0.05) is 0 Å². The normalized spacial score (nSPS) is 19.6. The number of fused-ring (bicyclic) bond motifs is 1. The second-order valence-electron chi connectivity index (χ2n) is 6.46. The van der Waals surface area contributed by atoms with Crippen molar-refractivity contribution in [3.05, 3.63) is 24.5 Å². The molecule has 0 saturated carbocycles. The van der Waals surface area contributed by atoms with E-state index in [-0.39, 0.29) is 11.6 Å². The molecular formula is C16H21FN4O3S. The number of nitrogens with zero attached hydrogens (tertiary/aromatic N) is 3. The summed E-state index contributed by atoms with van der Waals surface area (Å²) < 4.78 is 36.7. The van der Waals surface area contributed by atoms with Gasteiger partial charge in [0.1, 0.15) is 5.52 Å². The van der Waals surface area contributed by atoms with E-state index in [0.29, 0.717) is 31.4 Å². The van der Waals surface area contributed by atoms with Gasteiger partial charge in [-0.15, -0.1) is 0 Å². The second-order valence-corrected chi connectivity index (χ2v) is 8.76. The Hall–Kier alpha value is -2.00. The zero-order valence-corrected chi connectivity index (χ0v) is 14.8. The van der Waals surface area contributed by atoms with Crippen LogP contribution in [0.1, 0.15) is 12.8 Å². The van der Waals surface area contributed by atoms with Gasteiger partial charge in [-0.05, 0) is 25.0 Å². The smallest absolute Gasteiger partial charge is 0.242 e. The summed E-state index contributed by atoms with van der Waals surface area (Å²) >= 11 is 0. The van der Waals surface area contributed by atoms with Crippen molar-refractivity contribution < 1.29 is 18.4 Å². The summed E-state index contributed by atoms with van der Waals surface area (Å²) in [5, 5.41) is 11.4. The molecule has 1 saturated heterocycles. The molecule has 0 radical (unpaired) electrons. The van der Waals surface area contributed by atoms with Crippen LogP contribution in [0.4, 0.5) is 10.1 Å². The van der Waals surface area contributed by atoms with Crippen LogP contribution in [0.3, 0.4) is 0 Å². The number of hydrogen-bond acceptors (Lipinski definition) is 7. The molecule has 3 heterocycles. The maximum atomic E-state index is 12.5. The molecule has 2 aromatic rings. The zero-order chi connectivity index (χ0) is 18.1. The Morgan fingerprint density at radius 1 is 1.36 bits per heavy atom. The first-order chi connectivity index (χ1) is 11.8. The van der Waals surface area contributed by atoms with Gasteiger partial charge < -0.3 is 14.7 Å². The minimum absolute atomic E-state index is 0.0106. The Balaban J connectivity index is 1.86. The number of aromatic nitrogens is 2. The number of hydrogen-bond donors (Lipinski definition) is 2. The highest BCUT2D eigenvalue weighted by Gasteiger charge is 2.34. The first kappa shape index (κ1) is 17.8. The zero-order valence-electron chi connectivity index (χ0n) is 13.9. The van der Waals surface area contributed by atoms with Crippen molar-refractivity contribution in [1.82, 2.24) is 9.97 Å². The van der Waals surface area contributed by atoms with Crippen LogP contribution in [-0.4, -0.2) is 56.8 Å². The van der Waals surface area contributed by atoms with E-state index < -0.39 is 22.2 Å². The Morgan fingerprint density at radius 2 is 2.04 bits per heavy atom. The lowest BCUT2D eigenvalue weighted by atomic mass is 9.93. The van der Waals surface area contributed by atoms with E-state index in [9.17, 15) is 13.7 Å². The van der Waals surface area contributed by atoms with Gasteiger partial charge in [-0.3, -0.25) is 14.0 Å². The molecule has 0 bridgehead atoms. The molecule has 1 aliphatic rings. The summed E-state index contributed by atoms with van der Waals surface area (Å²) in [6, 6.07) is 3.66. The van der Waals surface area contributed by atoms with E-state index in [4.69, 9.17) is 9.52 Å². The molecule has 3 rings (SSSR count). The Kier molecular flexibility index (Phi) is 4.79. The maximum absolute atomic E-state index is 12.5. The standard InChI is InChI=1S/C16H21FN4O3S/c1-25(18,23)10-16(22)4-8-21(9-5-16)13-3-7-19-14-12(13)2-6-20-15(14)24-11-17/h2-3,6-7,18,22H,4-5,8-11H2,1H3/t25-/m1/s1. The summed E-state index contributed by atoms with van der Waals surface area (Å²) in [5.41, 5.74) is 0.319. The Labute approximate surface area is 145 Å². The number of alkyl halides is 1. The van der Waals surface area contributed by atoms with Gasteiger partial charge in [0.25, 0.3) is 0 Å². The summed E-state index contributed by atoms with van der Waals surface area (Å²) in [7, 11) is -2.75. The summed E-state index contributed by atoms with van der Waals surface area (Å²) in [4.78, 5) is 10.3. The van der Waals surface area contributed by atoms with E-state index >= 15 is 0 Å². The van der Waals surface area contributed by atoms with E-state index in [1.165, 1.54) is 6.26 Å². The molecule has 0 aromatic carbocycles. The van der Waals surface area contributed by atoms with Crippen LogP contribution in [0, 0.1) is 4.78 Å². The molecule has 0 amide bonds. The quantitative estimate of drug-likeness (QED) is 0.837. The maximum Gasteiger partial charge on any atom is 0.242 e. The van der Waals surface area contributed by atoms with Gasteiger partial charge in [0.2, 0.25) is 12.7 Å². The van der Waals surface area contributed by atoms with Gasteiger partial charge in [0, 0.05) is 52.5 Å². The largest absolute Gasteiger partial charge is 0.444 e. The van der Waals surface area contributed by atoms with Crippen LogP contribution in [0.5, 0.6) is 5.88 Å². The van der Waals surface area contributed by atoms with Crippen molar-refractivity contribution in [3.63, 3.8) is 0 Å². The summed E-state index contributed by atoms with van der Waals surface area (Å²) in [5.74, 6) is 0.138. The number of pyridine rings is 2. The lowest BCUT2D eigenvalue weighted by Gasteiger charge is -2.39. The average molecular weight is 368 g/mol. The monoisotopic (exact) mass is 368 g/mol. The first-order valence-electron chi connectivity index (χ1n) is 7.93. The van der Waals surface area contributed by atoms with Gasteiger partial charge in [-0.2, -0.15) is 0 Å². The van der Waals surface area contributed by atoms with Gasteiger partial charge in [0.15, 0.2) is 0 Å². The predicted octanol–water partition coefficient (Wildman–Crippen LogP) is 1.94. The number of aliphatic hydroxyl groups is 1. The third kappa shape index (κ3) is 3.98. The fraction of sp³-hybridized carbons (Fsp3) is 0.500. The topological polar surface area (TPSA) is 99.4 Å². The molecule has 1 fully saturated rings. The van der Waals surface area contributed by atoms with Crippen molar-refractivity contribution in [3.8, 4) is 5.88 Å². The molecule has 9 heteroatoms. The second kappa shape index (κ2) is 6.72. The molecule has 2 aromatic heterocycles. The van der Waals surface area contributed by atoms with Crippen LogP contribution in [0.25, 0.3) is 10.9 Å². The number of piperidine rings is 1. The highest BCUT2D eigenvalue weighted by molar-refractivity contribution is 7.91.